The first kappa shape index (κ1) is 13.2. The Hall–Kier alpha value is -0.250. The molecule has 0 spiro atoms. The number of hydrogen-bond donors (Lipinski definition) is 1. The molecule has 1 aromatic heterocycles. The second-order valence-corrected chi connectivity index (χ2v) is 6.32. The van der Waals surface area contributed by atoms with E-state index in [0.717, 1.165) is 11.4 Å². The first-order valence-electron chi connectivity index (χ1n) is 6.29. The molecule has 2 atom stereocenters. The van der Waals surface area contributed by atoms with Crippen molar-refractivity contribution >= 4 is 23.4 Å². The van der Waals surface area contributed by atoms with Gasteiger partial charge in [-0.2, -0.15) is 0 Å². The highest BCUT2D eigenvalue weighted by atomic mass is 35.5. The van der Waals surface area contributed by atoms with Gasteiger partial charge in [-0.3, -0.25) is 0 Å². The van der Waals surface area contributed by atoms with Crippen LogP contribution in [0.15, 0.2) is 23.4 Å². The summed E-state index contributed by atoms with van der Waals surface area (Å²) in [5, 5.41) is 2.23. The summed E-state index contributed by atoms with van der Waals surface area (Å²) in [6.45, 7) is 0. The van der Waals surface area contributed by atoms with Gasteiger partial charge in [-0.05, 0) is 25.0 Å². The Morgan fingerprint density at radius 3 is 2.65 bits per heavy atom. The maximum absolute atomic E-state index is 6.25. The highest BCUT2D eigenvalue weighted by Crippen LogP contribution is 2.31. The smallest absolute Gasteiger partial charge is 0.0964 e. The number of halogens is 1. The third kappa shape index (κ3) is 4.16. The Morgan fingerprint density at radius 1 is 1.18 bits per heavy atom. The minimum absolute atomic E-state index is 0.303. The van der Waals surface area contributed by atoms with Gasteiger partial charge in [-0.25, -0.2) is 4.98 Å². The molecule has 0 radical (unpaired) electrons. The van der Waals surface area contributed by atoms with Crippen molar-refractivity contribution in [2.75, 3.05) is 0 Å². The summed E-state index contributed by atoms with van der Waals surface area (Å²) >= 11 is 7.64. The van der Waals surface area contributed by atoms with Crippen molar-refractivity contribution in [3.8, 4) is 0 Å². The van der Waals surface area contributed by atoms with Crippen LogP contribution < -0.4 is 5.73 Å². The normalized spacial score (nSPS) is 26.2. The van der Waals surface area contributed by atoms with Crippen LogP contribution >= 0.6 is 23.4 Å². The summed E-state index contributed by atoms with van der Waals surface area (Å²) in [5.74, 6) is 0. The van der Waals surface area contributed by atoms with E-state index in [1.807, 2.05) is 23.9 Å². The zero-order valence-electron chi connectivity index (χ0n) is 9.94. The third-order valence-electron chi connectivity index (χ3n) is 3.23. The Kier molecular flexibility index (Phi) is 5.14. The quantitative estimate of drug-likeness (QED) is 0.886. The topological polar surface area (TPSA) is 38.9 Å². The van der Waals surface area contributed by atoms with E-state index in [4.69, 9.17) is 17.3 Å². The van der Waals surface area contributed by atoms with E-state index >= 15 is 0 Å². The van der Waals surface area contributed by atoms with Crippen LogP contribution in [0.25, 0.3) is 0 Å². The van der Waals surface area contributed by atoms with E-state index in [-0.39, 0.29) is 0 Å². The van der Waals surface area contributed by atoms with Crippen LogP contribution in [0, 0.1) is 0 Å². The van der Waals surface area contributed by atoms with Crippen LogP contribution in [0.2, 0.25) is 5.02 Å². The van der Waals surface area contributed by atoms with Crippen LogP contribution in [-0.2, 0) is 0 Å². The fourth-order valence-corrected chi connectivity index (χ4v) is 3.49. The van der Waals surface area contributed by atoms with Gasteiger partial charge in [-0.1, -0.05) is 37.3 Å². The molecular formula is C13H19ClN2S. The molecule has 0 saturated heterocycles. The Bertz CT molecular complexity index is 342. The van der Waals surface area contributed by atoms with E-state index in [9.17, 15) is 0 Å². The largest absolute Gasteiger partial charge is 0.327 e. The maximum Gasteiger partial charge on any atom is 0.0964 e. The Morgan fingerprint density at radius 2 is 1.94 bits per heavy atom. The zero-order valence-corrected chi connectivity index (χ0v) is 11.5. The Balaban J connectivity index is 1.97. The van der Waals surface area contributed by atoms with Crippen LogP contribution in [0.1, 0.15) is 38.5 Å². The molecule has 0 bridgehead atoms. The van der Waals surface area contributed by atoms with Gasteiger partial charge in [0.2, 0.25) is 0 Å². The fourth-order valence-electron chi connectivity index (χ4n) is 2.21. The number of hydrogen-bond acceptors (Lipinski definition) is 3. The van der Waals surface area contributed by atoms with Crippen LogP contribution in [0.5, 0.6) is 0 Å². The second kappa shape index (κ2) is 6.62. The summed E-state index contributed by atoms with van der Waals surface area (Å²) < 4.78 is 0. The van der Waals surface area contributed by atoms with E-state index in [0.29, 0.717) is 16.3 Å². The summed E-state index contributed by atoms with van der Waals surface area (Å²) in [4.78, 5) is 4.34. The predicted molar refractivity (Wildman–Crippen MR) is 74.6 cm³/mol. The van der Waals surface area contributed by atoms with Crippen molar-refractivity contribution in [2.24, 2.45) is 5.73 Å². The lowest BCUT2D eigenvalue weighted by molar-refractivity contribution is 0.463. The average molecular weight is 271 g/mol. The number of pyridine rings is 1. The number of thioether (sulfide) groups is 1. The van der Waals surface area contributed by atoms with Gasteiger partial charge < -0.3 is 5.73 Å². The Labute approximate surface area is 112 Å². The van der Waals surface area contributed by atoms with Crippen molar-refractivity contribution < 1.29 is 0 Å². The summed E-state index contributed by atoms with van der Waals surface area (Å²) in [7, 11) is 0. The van der Waals surface area contributed by atoms with Crippen LogP contribution in [0.3, 0.4) is 0 Å². The molecule has 2 nitrogen and oxygen atoms in total. The number of aromatic nitrogens is 1. The van der Waals surface area contributed by atoms with Gasteiger partial charge >= 0.3 is 0 Å². The van der Waals surface area contributed by atoms with Gasteiger partial charge in [0.15, 0.2) is 0 Å². The van der Waals surface area contributed by atoms with Crippen molar-refractivity contribution in [3.05, 3.63) is 23.4 Å². The molecule has 1 aliphatic rings. The third-order valence-corrected chi connectivity index (χ3v) is 4.82. The maximum atomic E-state index is 6.25. The highest BCUT2D eigenvalue weighted by Gasteiger charge is 2.20. The zero-order chi connectivity index (χ0) is 12.1. The number of nitrogens with two attached hydrogens (primary N) is 1. The summed E-state index contributed by atoms with van der Waals surface area (Å²) in [5.41, 5.74) is 6.25. The van der Waals surface area contributed by atoms with Crippen molar-refractivity contribution in [2.45, 2.75) is 54.8 Å². The monoisotopic (exact) mass is 270 g/mol. The van der Waals surface area contributed by atoms with Gasteiger partial charge in [0.1, 0.15) is 0 Å². The van der Waals surface area contributed by atoms with E-state index in [1.165, 1.54) is 32.1 Å². The molecule has 0 aromatic carbocycles. The van der Waals surface area contributed by atoms with Gasteiger partial charge in [0.05, 0.1) is 10.0 Å². The molecule has 1 heterocycles. The number of rotatable bonds is 2. The van der Waals surface area contributed by atoms with Gasteiger partial charge in [0.25, 0.3) is 0 Å². The molecule has 4 heteroatoms. The second-order valence-electron chi connectivity index (χ2n) is 4.63. The summed E-state index contributed by atoms with van der Waals surface area (Å²) in [6.07, 6.45) is 9.30. The SMILES string of the molecule is NC1CCCCCCC1Sc1ccc(Cl)cn1. The molecule has 2 N–H and O–H groups in total. The fraction of sp³-hybridized carbons (Fsp3) is 0.615. The van der Waals surface area contributed by atoms with Crippen molar-refractivity contribution in [1.29, 1.82) is 0 Å². The molecule has 17 heavy (non-hydrogen) atoms. The van der Waals surface area contributed by atoms with E-state index in [2.05, 4.69) is 4.98 Å². The lowest BCUT2D eigenvalue weighted by Gasteiger charge is -2.25. The molecule has 1 aromatic rings. The van der Waals surface area contributed by atoms with Crippen LogP contribution in [0.4, 0.5) is 0 Å². The van der Waals surface area contributed by atoms with Crippen molar-refractivity contribution in [3.63, 3.8) is 0 Å². The van der Waals surface area contributed by atoms with Crippen LogP contribution in [-0.4, -0.2) is 16.3 Å². The summed E-state index contributed by atoms with van der Waals surface area (Å²) in [6, 6.07) is 4.18. The molecule has 1 aliphatic carbocycles. The first-order chi connectivity index (χ1) is 8.25. The van der Waals surface area contributed by atoms with E-state index < -0.39 is 0 Å². The first-order valence-corrected chi connectivity index (χ1v) is 7.55. The molecule has 1 fully saturated rings. The van der Waals surface area contributed by atoms with Gasteiger partial charge in [0, 0.05) is 17.5 Å². The minimum Gasteiger partial charge on any atom is -0.327 e. The average Bonchev–Trinajstić information content (AvgIpc) is 2.31. The molecule has 1 saturated carbocycles. The molecule has 0 amide bonds. The molecule has 94 valence electrons. The predicted octanol–water partition coefficient (Wildman–Crippen LogP) is 3.88. The molecule has 2 rings (SSSR count). The molecular weight excluding hydrogens is 252 g/mol. The van der Waals surface area contributed by atoms with Crippen molar-refractivity contribution in [1.82, 2.24) is 4.98 Å². The lowest BCUT2D eigenvalue weighted by atomic mass is 9.97. The number of nitrogens with zero attached hydrogens (tertiary/aromatic N) is 1. The minimum atomic E-state index is 0.303. The highest BCUT2D eigenvalue weighted by molar-refractivity contribution is 7.99. The molecule has 0 aliphatic heterocycles. The standard InChI is InChI=1S/C13H19ClN2S/c14-10-7-8-13(16-9-10)17-12-6-4-2-1-3-5-11(12)15/h7-9,11-12H,1-6,15H2. The molecule has 2 unspecified atom stereocenters. The van der Waals surface area contributed by atoms with Gasteiger partial charge in [-0.15, -0.1) is 11.8 Å². The van der Waals surface area contributed by atoms with E-state index in [1.54, 1.807) is 6.20 Å². The lowest BCUT2D eigenvalue weighted by Crippen LogP contribution is -2.33.